The monoisotopic (exact) mass is 471 g/mol. The Balaban J connectivity index is 1.78. The van der Waals surface area contributed by atoms with E-state index in [1.807, 2.05) is 38.1 Å². The summed E-state index contributed by atoms with van der Waals surface area (Å²) in [6.07, 6.45) is 0.781. The number of carbonyl (C=O) groups is 1. The van der Waals surface area contributed by atoms with Crippen LogP contribution < -0.4 is 20.9 Å². The van der Waals surface area contributed by atoms with Gasteiger partial charge in [0, 0.05) is 12.7 Å². The van der Waals surface area contributed by atoms with Crippen LogP contribution in [0.25, 0.3) is 11.2 Å². The zero-order chi connectivity index (χ0) is 24.4. The van der Waals surface area contributed by atoms with Crippen LogP contribution in [0.1, 0.15) is 26.7 Å². The summed E-state index contributed by atoms with van der Waals surface area (Å²) >= 11 is 0. The van der Waals surface area contributed by atoms with Gasteiger partial charge in [0.2, 0.25) is 5.95 Å². The van der Waals surface area contributed by atoms with Gasteiger partial charge in [-0.25, -0.2) is 9.36 Å². The Kier molecular flexibility index (Phi) is 6.73. The SMILES string of the molecule is CCCCOC(=O)Cn1c(=O)c2c(nc3n2CC(O)CN3c2ccc(OCC)cc2)n(C)c1=O. The Morgan fingerprint density at radius 1 is 1.18 bits per heavy atom. The number of ether oxygens (including phenoxy) is 2. The van der Waals surface area contributed by atoms with Gasteiger partial charge >= 0.3 is 11.7 Å². The van der Waals surface area contributed by atoms with E-state index in [1.54, 1.807) is 9.47 Å². The maximum atomic E-state index is 13.3. The van der Waals surface area contributed by atoms with Crippen molar-refractivity contribution in [3.8, 4) is 5.75 Å². The van der Waals surface area contributed by atoms with Crippen LogP contribution in [-0.4, -0.2) is 55.6 Å². The second-order valence-electron chi connectivity index (χ2n) is 8.19. The minimum absolute atomic E-state index is 0.133. The van der Waals surface area contributed by atoms with Crippen LogP contribution in [0.5, 0.6) is 5.75 Å². The Morgan fingerprint density at radius 3 is 2.59 bits per heavy atom. The Bertz CT molecular complexity index is 1310. The first-order chi connectivity index (χ1) is 16.3. The highest BCUT2D eigenvalue weighted by atomic mass is 16.5. The summed E-state index contributed by atoms with van der Waals surface area (Å²) in [4.78, 5) is 44.8. The molecule has 4 rings (SSSR count). The van der Waals surface area contributed by atoms with Crippen LogP contribution in [0.15, 0.2) is 33.9 Å². The summed E-state index contributed by atoms with van der Waals surface area (Å²) < 4.78 is 14.3. The highest BCUT2D eigenvalue weighted by Gasteiger charge is 2.31. The molecule has 34 heavy (non-hydrogen) atoms. The van der Waals surface area contributed by atoms with E-state index in [0.717, 1.165) is 16.7 Å². The van der Waals surface area contributed by atoms with Gasteiger partial charge in [0.25, 0.3) is 5.56 Å². The number of fused-ring (bicyclic) bond motifs is 3. The molecule has 3 aromatic rings. The highest BCUT2D eigenvalue weighted by Crippen LogP contribution is 2.32. The molecule has 1 atom stereocenters. The molecule has 0 saturated heterocycles. The number of aliphatic hydroxyl groups is 1. The smallest absolute Gasteiger partial charge is 0.333 e. The van der Waals surface area contributed by atoms with E-state index in [4.69, 9.17) is 9.47 Å². The minimum Gasteiger partial charge on any atom is -0.494 e. The van der Waals surface area contributed by atoms with Gasteiger partial charge in [-0.1, -0.05) is 13.3 Å². The normalized spacial score (nSPS) is 15.4. The van der Waals surface area contributed by atoms with Crippen molar-refractivity contribution < 1.29 is 19.4 Å². The summed E-state index contributed by atoms with van der Waals surface area (Å²) in [7, 11) is 1.50. The molecule has 11 nitrogen and oxygen atoms in total. The van der Waals surface area contributed by atoms with Crippen molar-refractivity contribution in [2.75, 3.05) is 24.7 Å². The standard InChI is InChI=1S/C23H29N5O6/c1-4-6-11-34-18(30)14-28-21(31)19-20(25(3)23(28)32)24-22-26(12-16(29)13-27(19)22)15-7-9-17(10-8-15)33-5-2/h7-10,16,29H,4-6,11-14H2,1-3H3. The third kappa shape index (κ3) is 4.30. The maximum Gasteiger partial charge on any atom is 0.333 e. The van der Waals surface area contributed by atoms with E-state index in [9.17, 15) is 19.5 Å². The second kappa shape index (κ2) is 9.72. The first-order valence-electron chi connectivity index (χ1n) is 11.4. The number of hydrogen-bond acceptors (Lipinski definition) is 8. The molecule has 182 valence electrons. The van der Waals surface area contributed by atoms with E-state index in [2.05, 4.69) is 4.98 Å². The van der Waals surface area contributed by atoms with Gasteiger partial charge in [0.1, 0.15) is 12.3 Å². The van der Waals surface area contributed by atoms with Crippen LogP contribution in [-0.2, 0) is 29.7 Å². The van der Waals surface area contributed by atoms with Crippen molar-refractivity contribution in [3.05, 3.63) is 45.1 Å². The lowest BCUT2D eigenvalue weighted by molar-refractivity contribution is -0.144. The molecule has 0 saturated carbocycles. The number of anilines is 2. The third-order valence-electron chi connectivity index (χ3n) is 5.75. The highest BCUT2D eigenvalue weighted by molar-refractivity contribution is 5.78. The molecule has 1 aliphatic rings. The number of aromatic nitrogens is 4. The number of nitrogens with zero attached hydrogens (tertiary/aromatic N) is 5. The molecule has 1 aromatic carbocycles. The number of hydrogen-bond donors (Lipinski definition) is 1. The third-order valence-corrected chi connectivity index (χ3v) is 5.75. The van der Waals surface area contributed by atoms with Crippen LogP contribution in [0.4, 0.5) is 11.6 Å². The number of unbranched alkanes of at least 4 members (excludes halogenated alkanes) is 1. The van der Waals surface area contributed by atoms with Crippen molar-refractivity contribution >= 4 is 28.8 Å². The van der Waals surface area contributed by atoms with Crippen LogP contribution >= 0.6 is 0 Å². The predicted octanol–water partition coefficient (Wildman–Crippen LogP) is 1.15. The van der Waals surface area contributed by atoms with Crippen molar-refractivity contribution in [3.63, 3.8) is 0 Å². The van der Waals surface area contributed by atoms with Gasteiger partial charge in [-0.05, 0) is 37.6 Å². The Labute approximate surface area is 195 Å². The minimum atomic E-state index is -0.777. The Hall–Kier alpha value is -3.60. The molecule has 3 heterocycles. The molecule has 0 amide bonds. The van der Waals surface area contributed by atoms with E-state index < -0.39 is 29.9 Å². The average molecular weight is 472 g/mol. The van der Waals surface area contributed by atoms with Crippen LogP contribution in [0, 0.1) is 0 Å². The van der Waals surface area contributed by atoms with Gasteiger partial charge < -0.3 is 24.0 Å². The molecule has 1 unspecified atom stereocenters. The molecule has 0 bridgehead atoms. The molecule has 11 heteroatoms. The van der Waals surface area contributed by atoms with Gasteiger partial charge in [-0.15, -0.1) is 0 Å². The van der Waals surface area contributed by atoms with Crippen LogP contribution in [0.2, 0.25) is 0 Å². The summed E-state index contributed by atoms with van der Waals surface area (Å²) in [6.45, 7) is 4.56. The van der Waals surface area contributed by atoms with Gasteiger partial charge in [0.15, 0.2) is 11.2 Å². The molecular formula is C23H29N5O6. The van der Waals surface area contributed by atoms with Crippen molar-refractivity contribution in [2.45, 2.75) is 45.9 Å². The van der Waals surface area contributed by atoms with E-state index in [-0.39, 0.29) is 30.9 Å². The largest absolute Gasteiger partial charge is 0.494 e. The van der Waals surface area contributed by atoms with Crippen LogP contribution in [0.3, 0.4) is 0 Å². The fraction of sp³-hybridized carbons (Fsp3) is 0.478. The lowest BCUT2D eigenvalue weighted by Gasteiger charge is -2.32. The molecule has 0 spiro atoms. The summed E-state index contributed by atoms with van der Waals surface area (Å²) in [5.74, 6) is 0.495. The summed E-state index contributed by atoms with van der Waals surface area (Å²) in [6, 6.07) is 7.33. The van der Waals surface area contributed by atoms with E-state index in [1.165, 1.54) is 11.6 Å². The second-order valence-corrected chi connectivity index (χ2v) is 8.19. The number of β-amino-alcohol motifs (C(OH)–C–C–N with tert-alkyl or cyclic N) is 1. The number of esters is 1. The van der Waals surface area contributed by atoms with Gasteiger partial charge in [-0.3, -0.25) is 14.2 Å². The number of imidazole rings is 1. The zero-order valence-electron chi connectivity index (χ0n) is 19.6. The molecule has 0 radical (unpaired) electrons. The number of benzene rings is 1. The predicted molar refractivity (Wildman–Crippen MR) is 126 cm³/mol. The fourth-order valence-corrected chi connectivity index (χ4v) is 4.05. The maximum absolute atomic E-state index is 13.3. The molecular weight excluding hydrogens is 442 g/mol. The zero-order valence-corrected chi connectivity index (χ0v) is 19.6. The number of aliphatic hydroxyl groups excluding tert-OH is 1. The molecule has 0 aliphatic carbocycles. The van der Waals surface area contributed by atoms with E-state index in [0.29, 0.717) is 24.7 Å². The lowest BCUT2D eigenvalue weighted by Crippen LogP contribution is -2.43. The molecule has 1 N–H and O–H groups in total. The fourth-order valence-electron chi connectivity index (χ4n) is 4.05. The van der Waals surface area contributed by atoms with Crippen molar-refractivity contribution in [1.29, 1.82) is 0 Å². The molecule has 2 aromatic heterocycles. The quantitative estimate of drug-likeness (QED) is 0.384. The first-order valence-corrected chi connectivity index (χ1v) is 11.4. The average Bonchev–Trinajstić information content (AvgIpc) is 3.20. The molecule has 0 fully saturated rings. The van der Waals surface area contributed by atoms with Crippen molar-refractivity contribution in [1.82, 2.24) is 18.7 Å². The summed E-state index contributed by atoms with van der Waals surface area (Å²) in [5, 5.41) is 10.6. The number of carbonyl (C=O) groups excluding carboxylic acids is 1. The first kappa shape index (κ1) is 23.6. The Morgan fingerprint density at radius 2 is 1.91 bits per heavy atom. The van der Waals surface area contributed by atoms with Gasteiger partial charge in [0.05, 0.1) is 32.4 Å². The van der Waals surface area contributed by atoms with Gasteiger partial charge in [-0.2, -0.15) is 4.98 Å². The summed E-state index contributed by atoms with van der Waals surface area (Å²) in [5.41, 5.74) is -0.221. The number of rotatable bonds is 8. The lowest BCUT2D eigenvalue weighted by atomic mass is 10.2. The van der Waals surface area contributed by atoms with Crippen molar-refractivity contribution in [2.24, 2.45) is 7.05 Å². The number of aryl methyl sites for hydroxylation is 1. The topological polar surface area (TPSA) is 121 Å². The molecule has 1 aliphatic heterocycles. The van der Waals surface area contributed by atoms with E-state index >= 15 is 0 Å².